The van der Waals surface area contributed by atoms with Gasteiger partial charge < -0.3 is 5.32 Å². The van der Waals surface area contributed by atoms with Crippen molar-refractivity contribution in [1.82, 2.24) is 5.32 Å². The van der Waals surface area contributed by atoms with Crippen LogP contribution >= 0.6 is 11.6 Å². The molecule has 1 nitrogen and oxygen atoms in total. The Labute approximate surface area is 123 Å². The zero-order chi connectivity index (χ0) is 14.0. The predicted molar refractivity (Wildman–Crippen MR) is 80.6 cm³/mol. The van der Waals surface area contributed by atoms with Crippen LogP contribution in [0.3, 0.4) is 0 Å². The largest absolute Gasteiger partial charge is 0.315 e. The molecule has 0 amide bonds. The van der Waals surface area contributed by atoms with E-state index in [1.165, 1.54) is 11.6 Å². The lowest BCUT2D eigenvalue weighted by molar-refractivity contribution is 0.165. The van der Waals surface area contributed by atoms with E-state index in [0.29, 0.717) is 17.0 Å². The molecule has 0 saturated carbocycles. The average molecular weight is 290 g/mol. The highest BCUT2D eigenvalue weighted by molar-refractivity contribution is 6.31. The van der Waals surface area contributed by atoms with Crippen molar-refractivity contribution in [2.75, 3.05) is 13.1 Å². The second-order valence-electron chi connectivity index (χ2n) is 5.64. The summed E-state index contributed by atoms with van der Waals surface area (Å²) < 4.78 is 14.0. The lowest BCUT2D eigenvalue weighted by Crippen LogP contribution is -2.56. The minimum atomic E-state index is -0.197. The van der Waals surface area contributed by atoms with Gasteiger partial charge in [0.2, 0.25) is 0 Å². The molecule has 1 heterocycles. The molecular formula is C17H17ClFN. The number of nitrogens with one attached hydrogen (secondary N) is 1. The number of benzene rings is 2. The monoisotopic (exact) mass is 289 g/mol. The van der Waals surface area contributed by atoms with E-state index in [4.69, 9.17) is 11.6 Å². The zero-order valence-electron chi connectivity index (χ0n) is 11.2. The molecule has 0 aliphatic carbocycles. The molecule has 3 heteroatoms. The van der Waals surface area contributed by atoms with Crippen LogP contribution in [0.1, 0.15) is 11.1 Å². The summed E-state index contributed by atoms with van der Waals surface area (Å²) >= 11 is 6.16. The van der Waals surface area contributed by atoms with Gasteiger partial charge >= 0.3 is 0 Å². The molecule has 2 aromatic carbocycles. The standard InChI is InChI=1S/C17H17ClFN/c18-15-7-4-8-16(19)14(15)10-17(11-20-12-17)9-13-5-2-1-3-6-13/h1-8,20H,9-12H2. The first-order valence-corrected chi connectivity index (χ1v) is 7.24. The van der Waals surface area contributed by atoms with E-state index in [1.807, 2.05) is 18.2 Å². The van der Waals surface area contributed by atoms with Gasteiger partial charge in [-0.05, 0) is 30.5 Å². The minimum Gasteiger partial charge on any atom is -0.315 e. The van der Waals surface area contributed by atoms with E-state index in [0.717, 1.165) is 19.5 Å². The maximum absolute atomic E-state index is 14.0. The third-order valence-corrected chi connectivity index (χ3v) is 4.39. The summed E-state index contributed by atoms with van der Waals surface area (Å²) in [4.78, 5) is 0. The van der Waals surface area contributed by atoms with Crippen molar-refractivity contribution in [3.8, 4) is 0 Å². The summed E-state index contributed by atoms with van der Waals surface area (Å²) in [5, 5.41) is 3.85. The van der Waals surface area contributed by atoms with Gasteiger partial charge in [0.15, 0.2) is 0 Å². The molecule has 104 valence electrons. The lowest BCUT2D eigenvalue weighted by atomic mass is 9.72. The normalized spacial score (nSPS) is 16.7. The third kappa shape index (κ3) is 2.72. The van der Waals surface area contributed by atoms with Crippen molar-refractivity contribution in [3.63, 3.8) is 0 Å². The summed E-state index contributed by atoms with van der Waals surface area (Å²) in [5.74, 6) is -0.197. The topological polar surface area (TPSA) is 12.0 Å². The van der Waals surface area contributed by atoms with Crippen LogP contribution in [0.25, 0.3) is 0 Å². The van der Waals surface area contributed by atoms with Crippen LogP contribution < -0.4 is 5.32 Å². The summed E-state index contributed by atoms with van der Waals surface area (Å²) in [7, 11) is 0. The predicted octanol–water partition coefficient (Wildman–Crippen LogP) is 3.85. The van der Waals surface area contributed by atoms with Crippen molar-refractivity contribution in [1.29, 1.82) is 0 Å². The van der Waals surface area contributed by atoms with Crippen LogP contribution in [0.2, 0.25) is 5.02 Å². The molecule has 0 spiro atoms. The first-order valence-electron chi connectivity index (χ1n) is 6.86. The second-order valence-corrected chi connectivity index (χ2v) is 6.05. The van der Waals surface area contributed by atoms with Gasteiger partial charge in [0.05, 0.1) is 0 Å². The summed E-state index contributed by atoms with van der Waals surface area (Å²) in [6.45, 7) is 1.82. The van der Waals surface area contributed by atoms with Crippen molar-refractivity contribution in [2.45, 2.75) is 12.8 Å². The molecule has 0 unspecified atom stereocenters. The Morgan fingerprint density at radius 1 is 1.00 bits per heavy atom. The molecule has 3 rings (SSSR count). The molecule has 0 aromatic heterocycles. The number of halogens is 2. The zero-order valence-corrected chi connectivity index (χ0v) is 12.0. The Bertz CT molecular complexity index is 573. The maximum atomic E-state index is 14.0. The van der Waals surface area contributed by atoms with E-state index < -0.39 is 0 Å². The van der Waals surface area contributed by atoms with Crippen LogP contribution in [0.15, 0.2) is 48.5 Å². The highest BCUT2D eigenvalue weighted by Gasteiger charge is 2.38. The van der Waals surface area contributed by atoms with Crippen molar-refractivity contribution in [2.24, 2.45) is 5.41 Å². The first-order chi connectivity index (χ1) is 9.69. The van der Waals surface area contributed by atoms with E-state index in [1.54, 1.807) is 12.1 Å². The fourth-order valence-electron chi connectivity index (χ4n) is 2.90. The Morgan fingerprint density at radius 2 is 1.75 bits per heavy atom. The van der Waals surface area contributed by atoms with Gasteiger partial charge in [-0.25, -0.2) is 4.39 Å². The van der Waals surface area contributed by atoms with Gasteiger partial charge in [-0.3, -0.25) is 0 Å². The summed E-state index contributed by atoms with van der Waals surface area (Å²) in [6.07, 6.45) is 1.63. The van der Waals surface area contributed by atoms with Crippen molar-refractivity contribution < 1.29 is 4.39 Å². The van der Waals surface area contributed by atoms with Gasteiger partial charge in [-0.2, -0.15) is 0 Å². The van der Waals surface area contributed by atoms with Crippen LogP contribution in [-0.4, -0.2) is 13.1 Å². The number of hydrogen-bond acceptors (Lipinski definition) is 1. The lowest BCUT2D eigenvalue weighted by Gasteiger charge is -2.43. The van der Waals surface area contributed by atoms with E-state index in [-0.39, 0.29) is 11.2 Å². The van der Waals surface area contributed by atoms with E-state index >= 15 is 0 Å². The maximum Gasteiger partial charge on any atom is 0.127 e. The fourth-order valence-corrected chi connectivity index (χ4v) is 3.13. The molecule has 20 heavy (non-hydrogen) atoms. The van der Waals surface area contributed by atoms with Crippen LogP contribution in [0.5, 0.6) is 0 Å². The first kappa shape index (κ1) is 13.6. The molecule has 0 bridgehead atoms. The van der Waals surface area contributed by atoms with Crippen LogP contribution in [0.4, 0.5) is 4.39 Å². The Morgan fingerprint density at radius 3 is 2.35 bits per heavy atom. The summed E-state index contributed by atoms with van der Waals surface area (Å²) in [5.41, 5.74) is 2.01. The highest BCUT2D eigenvalue weighted by Crippen LogP contribution is 2.35. The molecule has 1 aliphatic rings. The second kappa shape index (κ2) is 5.55. The molecule has 0 radical (unpaired) electrons. The highest BCUT2D eigenvalue weighted by atomic mass is 35.5. The average Bonchev–Trinajstić information content (AvgIpc) is 2.41. The van der Waals surface area contributed by atoms with Crippen molar-refractivity contribution in [3.05, 3.63) is 70.5 Å². The Kier molecular flexibility index (Phi) is 3.77. The van der Waals surface area contributed by atoms with Crippen LogP contribution in [0, 0.1) is 11.2 Å². The Balaban J connectivity index is 1.83. The quantitative estimate of drug-likeness (QED) is 0.901. The van der Waals surface area contributed by atoms with Gasteiger partial charge in [-0.15, -0.1) is 0 Å². The minimum absolute atomic E-state index is 0.0766. The van der Waals surface area contributed by atoms with E-state index in [2.05, 4.69) is 17.4 Å². The van der Waals surface area contributed by atoms with Crippen molar-refractivity contribution >= 4 is 11.6 Å². The molecule has 0 atom stereocenters. The number of hydrogen-bond donors (Lipinski definition) is 1. The smallest absolute Gasteiger partial charge is 0.127 e. The summed E-state index contributed by atoms with van der Waals surface area (Å²) in [6, 6.07) is 15.3. The SMILES string of the molecule is Fc1cccc(Cl)c1CC1(Cc2ccccc2)CNC1. The third-order valence-electron chi connectivity index (χ3n) is 4.04. The molecule has 1 fully saturated rings. The fraction of sp³-hybridized carbons (Fsp3) is 0.294. The Hall–Kier alpha value is -1.38. The molecule has 2 aromatic rings. The molecule has 1 aliphatic heterocycles. The molecule has 1 saturated heterocycles. The molecule has 1 N–H and O–H groups in total. The van der Waals surface area contributed by atoms with Gasteiger partial charge in [0.1, 0.15) is 5.82 Å². The number of rotatable bonds is 4. The van der Waals surface area contributed by atoms with Gasteiger partial charge in [-0.1, -0.05) is 48.0 Å². The van der Waals surface area contributed by atoms with Gasteiger partial charge in [0.25, 0.3) is 0 Å². The van der Waals surface area contributed by atoms with Crippen LogP contribution in [-0.2, 0) is 12.8 Å². The van der Waals surface area contributed by atoms with E-state index in [9.17, 15) is 4.39 Å². The van der Waals surface area contributed by atoms with Gasteiger partial charge in [0, 0.05) is 29.1 Å². The molecular weight excluding hydrogens is 273 g/mol.